The van der Waals surface area contributed by atoms with Crippen LogP contribution in [0.3, 0.4) is 0 Å². The zero-order valence-electron chi connectivity index (χ0n) is 9.37. The Morgan fingerprint density at radius 3 is 2.78 bits per heavy atom. The van der Waals surface area contributed by atoms with Crippen LogP contribution in [-0.2, 0) is 10.0 Å². The molecule has 0 radical (unpaired) electrons. The standard InChI is InChI=1S/C10H10ClN3O2S2/c1-7(10-13-4-5-17-10)14-18(15,16)8-2-3-12-9(11)6-8/h2-7,14H,1H3. The van der Waals surface area contributed by atoms with E-state index in [-0.39, 0.29) is 16.1 Å². The highest BCUT2D eigenvalue weighted by Gasteiger charge is 2.19. The van der Waals surface area contributed by atoms with Crippen LogP contribution in [0.25, 0.3) is 0 Å². The fourth-order valence-electron chi connectivity index (χ4n) is 1.35. The molecule has 0 aliphatic heterocycles. The van der Waals surface area contributed by atoms with Gasteiger partial charge in [0.05, 0.1) is 10.9 Å². The molecule has 8 heteroatoms. The van der Waals surface area contributed by atoms with Gasteiger partial charge in [-0.2, -0.15) is 0 Å². The quantitative estimate of drug-likeness (QED) is 0.879. The molecule has 0 saturated carbocycles. The largest absolute Gasteiger partial charge is 0.248 e. The number of nitrogens with one attached hydrogen (secondary N) is 1. The van der Waals surface area contributed by atoms with Crippen LogP contribution in [0.2, 0.25) is 5.15 Å². The van der Waals surface area contributed by atoms with E-state index in [1.54, 1.807) is 18.5 Å². The molecule has 0 aliphatic carbocycles. The van der Waals surface area contributed by atoms with Crippen molar-refractivity contribution < 1.29 is 8.42 Å². The predicted molar refractivity (Wildman–Crippen MR) is 70.1 cm³/mol. The van der Waals surface area contributed by atoms with Crippen molar-refractivity contribution in [1.82, 2.24) is 14.7 Å². The minimum absolute atomic E-state index is 0.0888. The lowest BCUT2D eigenvalue weighted by molar-refractivity contribution is 0.566. The number of nitrogens with zero attached hydrogens (tertiary/aromatic N) is 2. The molecule has 2 aromatic heterocycles. The SMILES string of the molecule is CC(NS(=O)(=O)c1ccnc(Cl)c1)c1nccs1. The first-order valence-electron chi connectivity index (χ1n) is 5.02. The predicted octanol–water partition coefficient (Wildman–Crippen LogP) is 2.23. The number of hydrogen-bond acceptors (Lipinski definition) is 5. The van der Waals surface area contributed by atoms with Crippen LogP contribution in [0.15, 0.2) is 34.8 Å². The van der Waals surface area contributed by atoms with Crippen molar-refractivity contribution in [1.29, 1.82) is 0 Å². The molecule has 1 unspecified atom stereocenters. The van der Waals surface area contributed by atoms with Crippen molar-refractivity contribution in [2.24, 2.45) is 0 Å². The van der Waals surface area contributed by atoms with Gasteiger partial charge < -0.3 is 0 Å². The van der Waals surface area contributed by atoms with Crippen LogP contribution < -0.4 is 4.72 Å². The molecule has 96 valence electrons. The smallest absolute Gasteiger partial charge is 0.241 e. The molecular formula is C10H10ClN3O2S2. The summed E-state index contributed by atoms with van der Waals surface area (Å²) in [6.45, 7) is 1.74. The van der Waals surface area contributed by atoms with Gasteiger partial charge in [-0.15, -0.1) is 11.3 Å². The zero-order chi connectivity index (χ0) is 13.2. The first-order chi connectivity index (χ1) is 8.49. The van der Waals surface area contributed by atoms with Crippen molar-refractivity contribution >= 4 is 33.0 Å². The van der Waals surface area contributed by atoms with Gasteiger partial charge in [0.25, 0.3) is 0 Å². The monoisotopic (exact) mass is 303 g/mol. The van der Waals surface area contributed by atoms with Crippen LogP contribution in [-0.4, -0.2) is 18.4 Å². The Balaban J connectivity index is 2.22. The van der Waals surface area contributed by atoms with Gasteiger partial charge in [0.2, 0.25) is 10.0 Å². The number of thiazole rings is 1. The molecule has 0 spiro atoms. The van der Waals surface area contributed by atoms with Crippen LogP contribution >= 0.6 is 22.9 Å². The van der Waals surface area contributed by atoms with E-state index >= 15 is 0 Å². The summed E-state index contributed by atoms with van der Waals surface area (Å²) in [6.07, 6.45) is 2.99. The molecule has 0 fully saturated rings. The number of sulfonamides is 1. The maximum absolute atomic E-state index is 12.1. The highest BCUT2D eigenvalue weighted by Crippen LogP contribution is 2.19. The Morgan fingerprint density at radius 2 is 2.17 bits per heavy atom. The maximum Gasteiger partial charge on any atom is 0.241 e. The molecule has 0 bridgehead atoms. The molecule has 0 amide bonds. The van der Waals surface area contributed by atoms with E-state index in [9.17, 15) is 8.42 Å². The van der Waals surface area contributed by atoms with Gasteiger partial charge in [-0.3, -0.25) is 0 Å². The van der Waals surface area contributed by atoms with E-state index in [0.717, 1.165) is 0 Å². The summed E-state index contributed by atoms with van der Waals surface area (Å²) in [5.41, 5.74) is 0. The number of rotatable bonds is 4. The highest BCUT2D eigenvalue weighted by atomic mass is 35.5. The average Bonchev–Trinajstić information content (AvgIpc) is 2.82. The van der Waals surface area contributed by atoms with Crippen LogP contribution in [0.4, 0.5) is 0 Å². The van der Waals surface area contributed by atoms with Crippen LogP contribution in [0.5, 0.6) is 0 Å². The third kappa shape index (κ3) is 3.05. The second-order valence-electron chi connectivity index (χ2n) is 3.53. The summed E-state index contributed by atoms with van der Waals surface area (Å²) in [7, 11) is -3.62. The van der Waals surface area contributed by atoms with Gasteiger partial charge in [-0.05, 0) is 19.1 Å². The minimum Gasteiger partial charge on any atom is -0.248 e. The lowest BCUT2D eigenvalue weighted by Gasteiger charge is -2.11. The summed E-state index contributed by atoms with van der Waals surface area (Å²) in [5, 5.41) is 2.64. The second kappa shape index (κ2) is 5.31. The van der Waals surface area contributed by atoms with E-state index in [0.29, 0.717) is 5.01 Å². The maximum atomic E-state index is 12.1. The van der Waals surface area contributed by atoms with E-state index in [4.69, 9.17) is 11.6 Å². The van der Waals surface area contributed by atoms with Crippen molar-refractivity contribution in [2.75, 3.05) is 0 Å². The van der Waals surface area contributed by atoms with Gasteiger partial charge in [0.1, 0.15) is 10.2 Å². The Hall–Kier alpha value is -1.02. The average molecular weight is 304 g/mol. The third-order valence-electron chi connectivity index (χ3n) is 2.16. The summed E-state index contributed by atoms with van der Waals surface area (Å²) in [5.74, 6) is 0. The summed E-state index contributed by atoms with van der Waals surface area (Å²) in [4.78, 5) is 7.90. The second-order valence-corrected chi connectivity index (χ2v) is 6.55. The minimum atomic E-state index is -3.62. The highest BCUT2D eigenvalue weighted by molar-refractivity contribution is 7.89. The number of halogens is 1. The molecule has 5 nitrogen and oxygen atoms in total. The van der Waals surface area contributed by atoms with Gasteiger partial charge >= 0.3 is 0 Å². The number of hydrogen-bond donors (Lipinski definition) is 1. The van der Waals surface area contributed by atoms with Gasteiger partial charge in [-0.1, -0.05) is 11.6 Å². The first-order valence-corrected chi connectivity index (χ1v) is 7.76. The third-order valence-corrected chi connectivity index (χ3v) is 4.87. The summed E-state index contributed by atoms with van der Waals surface area (Å²) < 4.78 is 26.7. The van der Waals surface area contributed by atoms with E-state index in [2.05, 4.69) is 14.7 Å². The Kier molecular flexibility index (Phi) is 3.96. The van der Waals surface area contributed by atoms with Crippen LogP contribution in [0, 0.1) is 0 Å². The number of aromatic nitrogens is 2. The van der Waals surface area contributed by atoms with Gasteiger partial charge in [0, 0.05) is 17.8 Å². The Bertz CT molecular complexity index is 628. The number of pyridine rings is 1. The molecule has 0 aromatic carbocycles. The molecule has 1 N–H and O–H groups in total. The van der Waals surface area contributed by atoms with E-state index in [1.165, 1.54) is 29.7 Å². The topological polar surface area (TPSA) is 72.0 Å². The van der Waals surface area contributed by atoms with E-state index in [1.807, 2.05) is 0 Å². The Labute approximate surface area is 114 Å². The van der Waals surface area contributed by atoms with Crippen molar-refractivity contribution in [2.45, 2.75) is 17.9 Å². The molecule has 0 saturated heterocycles. The van der Waals surface area contributed by atoms with Gasteiger partial charge in [-0.25, -0.2) is 23.1 Å². The normalized spacial score (nSPS) is 13.4. The first kappa shape index (κ1) is 13.4. The molecular weight excluding hydrogens is 294 g/mol. The molecule has 2 rings (SSSR count). The molecule has 0 aliphatic rings. The van der Waals surface area contributed by atoms with Crippen molar-refractivity contribution in [3.05, 3.63) is 40.1 Å². The van der Waals surface area contributed by atoms with Crippen molar-refractivity contribution in [3.63, 3.8) is 0 Å². The van der Waals surface area contributed by atoms with Crippen molar-refractivity contribution in [3.8, 4) is 0 Å². The van der Waals surface area contributed by atoms with Gasteiger partial charge in [0.15, 0.2) is 0 Å². The lowest BCUT2D eigenvalue weighted by Crippen LogP contribution is -2.26. The summed E-state index contributed by atoms with van der Waals surface area (Å²) in [6, 6.07) is 2.31. The fourth-order valence-corrected chi connectivity index (χ4v) is 3.53. The molecule has 2 aromatic rings. The fraction of sp³-hybridized carbons (Fsp3) is 0.200. The molecule has 2 heterocycles. The molecule has 1 atom stereocenters. The van der Waals surface area contributed by atoms with Crippen LogP contribution in [0.1, 0.15) is 18.0 Å². The Morgan fingerprint density at radius 1 is 1.39 bits per heavy atom. The van der Waals surface area contributed by atoms with E-state index < -0.39 is 10.0 Å². The zero-order valence-corrected chi connectivity index (χ0v) is 11.8. The lowest BCUT2D eigenvalue weighted by atomic mass is 10.4. The summed E-state index contributed by atoms with van der Waals surface area (Å²) >= 11 is 7.07. The molecule has 18 heavy (non-hydrogen) atoms.